The summed E-state index contributed by atoms with van der Waals surface area (Å²) in [6.07, 6.45) is 6.65. The number of carbonyl (C=O) groups is 1. The van der Waals surface area contributed by atoms with Crippen molar-refractivity contribution in [2.75, 3.05) is 26.2 Å². The third-order valence-electron chi connectivity index (χ3n) is 9.98. The second kappa shape index (κ2) is 8.12. The number of amides is 1. The molecule has 2 aromatic carbocycles. The molecule has 2 aromatic rings. The molecule has 0 spiro atoms. The number of nitrogens with zero attached hydrogens (tertiary/aromatic N) is 2. The Bertz CT molecular complexity index is 1080. The van der Waals surface area contributed by atoms with Crippen LogP contribution in [-0.4, -0.2) is 53.0 Å². The van der Waals surface area contributed by atoms with E-state index in [1.807, 2.05) is 12.1 Å². The summed E-state index contributed by atoms with van der Waals surface area (Å²) in [6.45, 7) is 8.72. The topological polar surface area (TPSA) is 43.8 Å². The Kier molecular flexibility index (Phi) is 5.29. The van der Waals surface area contributed by atoms with Gasteiger partial charge in [0.15, 0.2) is 0 Å². The molecule has 1 amide bonds. The molecule has 2 aliphatic carbocycles. The third-order valence-corrected chi connectivity index (χ3v) is 9.98. The number of phenols is 1. The minimum atomic E-state index is -0.332. The molecule has 4 heteroatoms. The van der Waals surface area contributed by atoms with Gasteiger partial charge < -0.3 is 10.0 Å². The van der Waals surface area contributed by atoms with E-state index in [0.29, 0.717) is 29.5 Å². The van der Waals surface area contributed by atoms with Gasteiger partial charge in [0.2, 0.25) is 5.91 Å². The van der Waals surface area contributed by atoms with E-state index in [2.05, 4.69) is 60.0 Å². The zero-order valence-corrected chi connectivity index (χ0v) is 20.7. The van der Waals surface area contributed by atoms with Gasteiger partial charge in [-0.15, -0.1) is 0 Å². The predicted molar refractivity (Wildman–Crippen MR) is 135 cm³/mol. The molecule has 5 atom stereocenters. The van der Waals surface area contributed by atoms with Crippen LogP contribution in [-0.2, 0) is 22.0 Å². The maximum absolute atomic E-state index is 13.9. The summed E-state index contributed by atoms with van der Waals surface area (Å²) in [6, 6.07) is 17.1. The smallest absolute Gasteiger partial charge is 0.233 e. The highest BCUT2D eigenvalue weighted by atomic mass is 16.3. The normalized spacial score (nSPS) is 35.0. The lowest BCUT2D eigenvalue weighted by atomic mass is 9.59. The summed E-state index contributed by atoms with van der Waals surface area (Å²) in [5.74, 6) is 1.68. The van der Waals surface area contributed by atoms with Crippen LogP contribution in [0.5, 0.6) is 5.75 Å². The van der Waals surface area contributed by atoms with E-state index >= 15 is 0 Å². The lowest BCUT2D eigenvalue weighted by Gasteiger charge is -2.55. The number of hydrogen-bond donors (Lipinski definition) is 1. The first-order valence-electron chi connectivity index (χ1n) is 13.3. The van der Waals surface area contributed by atoms with Gasteiger partial charge in [0.1, 0.15) is 5.75 Å². The van der Waals surface area contributed by atoms with E-state index in [1.165, 1.54) is 23.1 Å². The molecular formula is C30H38N2O2. The molecule has 4 nitrogen and oxygen atoms in total. The maximum atomic E-state index is 13.9. The Labute approximate surface area is 204 Å². The van der Waals surface area contributed by atoms with Crippen LogP contribution < -0.4 is 0 Å². The second-order valence-corrected chi connectivity index (χ2v) is 11.7. The average Bonchev–Trinajstić information content (AvgIpc) is 3.59. The molecule has 180 valence electrons. The van der Waals surface area contributed by atoms with Gasteiger partial charge in [-0.1, -0.05) is 50.2 Å². The van der Waals surface area contributed by atoms with Crippen molar-refractivity contribution in [3.8, 4) is 5.75 Å². The highest BCUT2D eigenvalue weighted by Crippen LogP contribution is 2.57. The Morgan fingerprint density at radius 3 is 2.59 bits per heavy atom. The summed E-state index contributed by atoms with van der Waals surface area (Å²) >= 11 is 0. The molecule has 6 rings (SSSR count). The number of hydrogen-bond acceptors (Lipinski definition) is 3. The summed E-state index contributed by atoms with van der Waals surface area (Å²) in [7, 11) is 0. The minimum absolute atomic E-state index is 0.108. The minimum Gasteiger partial charge on any atom is -0.508 e. The number of carbonyl (C=O) groups excluding carboxylic acids is 1. The molecule has 0 radical (unpaired) electrons. The first kappa shape index (κ1) is 22.2. The predicted octanol–water partition coefficient (Wildman–Crippen LogP) is 4.89. The molecule has 34 heavy (non-hydrogen) atoms. The van der Waals surface area contributed by atoms with Gasteiger partial charge in [0.05, 0.1) is 5.41 Å². The molecule has 1 N–H and O–H groups in total. The van der Waals surface area contributed by atoms with E-state index in [0.717, 1.165) is 58.3 Å². The van der Waals surface area contributed by atoms with Crippen molar-refractivity contribution in [2.24, 2.45) is 11.8 Å². The highest BCUT2D eigenvalue weighted by Gasteiger charge is 2.63. The molecule has 0 unspecified atom stereocenters. The molecule has 2 bridgehead atoms. The molecule has 2 aliphatic heterocycles. The SMILES string of the molecule is C[C@H]1[C@H]2Cc3ccc(O)cc3[C@]1(C)CCN2C[C@@H]1C[C@@]1(C(=O)N1CCCCC1)c1ccccc1. The summed E-state index contributed by atoms with van der Waals surface area (Å²) < 4.78 is 0. The van der Waals surface area contributed by atoms with E-state index in [-0.39, 0.29) is 10.8 Å². The number of likely N-dealkylation sites (tertiary alicyclic amines) is 2. The fraction of sp³-hybridized carbons (Fsp3) is 0.567. The van der Waals surface area contributed by atoms with Gasteiger partial charge in [-0.2, -0.15) is 0 Å². The van der Waals surface area contributed by atoms with E-state index in [1.54, 1.807) is 0 Å². The Morgan fingerprint density at radius 1 is 1.06 bits per heavy atom. The number of phenolic OH excluding ortho intramolecular Hbond substituents is 1. The van der Waals surface area contributed by atoms with Crippen molar-refractivity contribution in [3.63, 3.8) is 0 Å². The molecule has 2 heterocycles. The maximum Gasteiger partial charge on any atom is 0.233 e. The largest absolute Gasteiger partial charge is 0.508 e. The zero-order valence-electron chi connectivity index (χ0n) is 20.7. The number of benzene rings is 2. The van der Waals surface area contributed by atoms with E-state index in [9.17, 15) is 9.90 Å². The molecule has 1 saturated carbocycles. The Hall–Kier alpha value is -2.33. The summed E-state index contributed by atoms with van der Waals surface area (Å²) in [4.78, 5) is 18.8. The van der Waals surface area contributed by atoms with Gasteiger partial charge >= 0.3 is 0 Å². The lowest BCUT2D eigenvalue weighted by Crippen LogP contribution is -2.58. The standard InChI is InChI=1S/C30H38N2O2/c1-21-27-17-22-11-12-25(33)18-26(22)29(21,2)13-16-32(27)20-24-19-30(24,23-9-5-3-6-10-23)28(34)31-14-7-4-8-15-31/h3,5-6,9-12,18,21,24,27,33H,4,7-8,13-17,19-20H2,1-2H3/t21-,24-,27+,29+,30+/m0/s1. The Morgan fingerprint density at radius 2 is 1.82 bits per heavy atom. The molecule has 2 saturated heterocycles. The Balaban J connectivity index is 1.27. The van der Waals surface area contributed by atoms with Crippen LogP contribution in [0.1, 0.15) is 62.6 Å². The van der Waals surface area contributed by atoms with E-state index < -0.39 is 0 Å². The van der Waals surface area contributed by atoms with Crippen LogP contribution in [0.4, 0.5) is 0 Å². The molecule has 3 fully saturated rings. The van der Waals surface area contributed by atoms with Crippen molar-refractivity contribution in [1.82, 2.24) is 9.80 Å². The quantitative estimate of drug-likeness (QED) is 0.710. The van der Waals surface area contributed by atoms with Gasteiger partial charge in [-0.25, -0.2) is 0 Å². The van der Waals surface area contributed by atoms with Gasteiger partial charge in [-0.3, -0.25) is 9.69 Å². The molecule has 0 aromatic heterocycles. The van der Waals surface area contributed by atoms with Crippen LogP contribution in [0.25, 0.3) is 0 Å². The van der Waals surface area contributed by atoms with Crippen molar-refractivity contribution < 1.29 is 9.90 Å². The van der Waals surface area contributed by atoms with Crippen LogP contribution >= 0.6 is 0 Å². The van der Waals surface area contributed by atoms with Crippen LogP contribution in [0.3, 0.4) is 0 Å². The number of rotatable bonds is 4. The van der Waals surface area contributed by atoms with Crippen molar-refractivity contribution in [3.05, 3.63) is 65.2 Å². The first-order valence-corrected chi connectivity index (χ1v) is 13.3. The summed E-state index contributed by atoms with van der Waals surface area (Å²) in [5.41, 5.74) is 3.73. The lowest BCUT2D eigenvalue weighted by molar-refractivity contribution is -0.135. The van der Waals surface area contributed by atoms with Gasteiger partial charge in [0.25, 0.3) is 0 Å². The van der Waals surface area contributed by atoms with E-state index in [4.69, 9.17) is 0 Å². The zero-order chi connectivity index (χ0) is 23.5. The van der Waals surface area contributed by atoms with Crippen LogP contribution in [0.15, 0.2) is 48.5 Å². The van der Waals surface area contributed by atoms with Crippen molar-refractivity contribution in [1.29, 1.82) is 0 Å². The fourth-order valence-electron chi connectivity index (χ4n) is 7.61. The van der Waals surface area contributed by atoms with Gasteiger partial charge in [-0.05, 0) is 91.1 Å². The molecular weight excluding hydrogens is 420 g/mol. The number of fused-ring (bicyclic) bond motifs is 4. The summed E-state index contributed by atoms with van der Waals surface area (Å²) in [5, 5.41) is 10.1. The molecule has 4 aliphatic rings. The van der Waals surface area contributed by atoms with Crippen LogP contribution in [0, 0.1) is 11.8 Å². The van der Waals surface area contributed by atoms with Crippen molar-refractivity contribution in [2.45, 2.75) is 69.2 Å². The fourth-order valence-corrected chi connectivity index (χ4v) is 7.61. The highest BCUT2D eigenvalue weighted by molar-refractivity contribution is 5.92. The van der Waals surface area contributed by atoms with Gasteiger partial charge in [0, 0.05) is 25.7 Å². The van der Waals surface area contributed by atoms with Crippen LogP contribution in [0.2, 0.25) is 0 Å². The number of aromatic hydroxyl groups is 1. The second-order valence-electron chi connectivity index (χ2n) is 11.7. The average molecular weight is 459 g/mol. The third kappa shape index (κ3) is 3.32. The first-order chi connectivity index (χ1) is 16.4. The monoisotopic (exact) mass is 458 g/mol. The van der Waals surface area contributed by atoms with Crippen molar-refractivity contribution >= 4 is 5.91 Å². The number of piperidine rings is 2.